The molecule has 0 aromatic heterocycles. The van der Waals surface area contributed by atoms with Crippen molar-refractivity contribution in [2.45, 2.75) is 13.5 Å². The van der Waals surface area contributed by atoms with Crippen LogP contribution in [0, 0.1) is 6.92 Å². The van der Waals surface area contributed by atoms with Gasteiger partial charge >= 0.3 is 0 Å². The highest BCUT2D eigenvalue weighted by Crippen LogP contribution is 2.21. The standard InChI is InChI=1S/C16H15Cl2NO/c1-12-3-2-4-13(9-12)11-19(16(20)10-17)15-7-5-14(18)6-8-15/h2-9H,10-11H2,1H3. The van der Waals surface area contributed by atoms with Gasteiger partial charge in [0.05, 0.1) is 6.54 Å². The Morgan fingerprint density at radius 1 is 1.15 bits per heavy atom. The summed E-state index contributed by atoms with van der Waals surface area (Å²) >= 11 is 11.6. The molecule has 0 aliphatic heterocycles. The van der Waals surface area contributed by atoms with Gasteiger partial charge in [-0.2, -0.15) is 0 Å². The van der Waals surface area contributed by atoms with Crippen LogP contribution in [0.5, 0.6) is 0 Å². The van der Waals surface area contributed by atoms with Gasteiger partial charge in [0.25, 0.3) is 0 Å². The molecule has 0 bridgehead atoms. The van der Waals surface area contributed by atoms with Crippen LogP contribution in [0.25, 0.3) is 0 Å². The first kappa shape index (κ1) is 14.9. The minimum atomic E-state index is -0.129. The van der Waals surface area contributed by atoms with Gasteiger partial charge in [-0.15, -0.1) is 11.6 Å². The maximum absolute atomic E-state index is 12.0. The summed E-state index contributed by atoms with van der Waals surface area (Å²) in [7, 11) is 0. The van der Waals surface area contributed by atoms with Gasteiger partial charge in [-0.25, -0.2) is 0 Å². The minimum Gasteiger partial charge on any atom is -0.307 e. The van der Waals surface area contributed by atoms with E-state index in [-0.39, 0.29) is 11.8 Å². The third-order valence-corrected chi connectivity index (χ3v) is 3.46. The number of alkyl halides is 1. The highest BCUT2D eigenvalue weighted by Gasteiger charge is 2.15. The summed E-state index contributed by atoms with van der Waals surface area (Å²) in [5, 5.41) is 0.641. The molecule has 104 valence electrons. The lowest BCUT2D eigenvalue weighted by molar-refractivity contribution is -0.116. The first-order chi connectivity index (χ1) is 9.60. The molecule has 2 rings (SSSR count). The van der Waals surface area contributed by atoms with E-state index in [1.807, 2.05) is 37.3 Å². The minimum absolute atomic E-state index is 0.0472. The lowest BCUT2D eigenvalue weighted by atomic mass is 10.1. The van der Waals surface area contributed by atoms with Gasteiger partial charge in [-0.05, 0) is 36.8 Å². The van der Waals surface area contributed by atoms with Crippen molar-refractivity contribution in [3.63, 3.8) is 0 Å². The molecule has 0 unspecified atom stereocenters. The molecule has 0 N–H and O–H groups in total. The molecule has 0 aliphatic rings. The van der Waals surface area contributed by atoms with Crippen molar-refractivity contribution < 1.29 is 4.79 Å². The lowest BCUT2D eigenvalue weighted by Crippen LogP contribution is -2.31. The van der Waals surface area contributed by atoms with Crippen LogP contribution in [-0.2, 0) is 11.3 Å². The molecule has 0 radical (unpaired) electrons. The first-order valence-corrected chi connectivity index (χ1v) is 7.19. The second-order valence-electron chi connectivity index (χ2n) is 4.58. The van der Waals surface area contributed by atoms with Crippen molar-refractivity contribution in [2.75, 3.05) is 10.8 Å². The Morgan fingerprint density at radius 3 is 2.45 bits per heavy atom. The van der Waals surface area contributed by atoms with Crippen molar-refractivity contribution in [1.82, 2.24) is 0 Å². The molecule has 2 nitrogen and oxygen atoms in total. The second kappa shape index (κ2) is 6.78. The van der Waals surface area contributed by atoms with Crippen LogP contribution in [0.15, 0.2) is 48.5 Å². The molecule has 2 aromatic rings. The van der Waals surface area contributed by atoms with Crippen LogP contribution in [0.4, 0.5) is 5.69 Å². The molecule has 0 saturated heterocycles. The SMILES string of the molecule is Cc1cccc(CN(C(=O)CCl)c2ccc(Cl)cc2)c1. The van der Waals surface area contributed by atoms with Crippen molar-refractivity contribution in [3.05, 3.63) is 64.7 Å². The molecule has 0 fully saturated rings. The predicted molar refractivity (Wildman–Crippen MR) is 84.5 cm³/mol. The number of benzene rings is 2. The summed E-state index contributed by atoms with van der Waals surface area (Å²) in [6.45, 7) is 2.52. The fraction of sp³-hybridized carbons (Fsp3) is 0.188. The fourth-order valence-electron chi connectivity index (χ4n) is 2.01. The number of halogens is 2. The molecule has 4 heteroatoms. The number of aryl methyl sites for hydroxylation is 1. The van der Waals surface area contributed by atoms with E-state index in [0.29, 0.717) is 11.6 Å². The number of carbonyl (C=O) groups excluding carboxylic acids is 1. The highest BCUT2D eigenvalue weighted by atomic mass is 35.5. The maximum atomic E-state index is 12.0. The first-order valence-electron chi connectivity index (χ1n) is 6.27. The summed E-state index contributed by atoms with van der Waals surface area (Å²) in [6, 6.07) is 15.2. The van der Waals surface area contributed by atoms with E-state index >= 15 is 0 Å². The predicted octanol–water partition coefficient (Wildman–Crippen LogP) is 4.42. The van der Waals surface area contributed by atoms with Crippen LogP contribution < -0.4 is 4.90 Å². The van der Waals surface area contributed by atoms with Crippen LogP contribution >= 0.6 is 23.2 Å². The largest absolute Gasteiger partial charge is 0.307 e. The molecular weight excluding hydrogens is 293 g/mol. The van der Waals surface area contributed by atoms with Crippen molar-refractivity contribution in [3.8, 4) is 0 Å². The highest BCUT2D eigenvalue weighted by molar-refractivity contribution is 6.31. The molecule has 0 aliphatic carbocycles. The number of anilines is 1. The molecule has 0 atom stereocenters. The summed E-state index contributed by atoms with van der Waals surface area (Å²) in [6.07, 6.45) is 0. The number of hydrogen-bond acceptors (Lipinski definition) is 1. The van der Waals surface area contributed by atoms with Crippen molar-refractivity contribution >= 4 is 34.8 Å². The summed E-state index contributed by atoms with van der Waals surface area (Å²) in [5.74, 6) is -0.176. The van der Waals surface area contributed by atoms with E-state index in [4.69, 9.17) is 23.2 Å². The Kier molecular flexibility index (Phi) is 5.05. The average molecular weight is 308 g/mol. The molecule has 0 saturated carbocycles. The summed E-state index contributed by atoms with van der Waals surface area (Å²) in [5.41, 5.74) is 3.02. The number of hydrogen-bond donors (Lipinski definition) is 0. The van der Waals surface area contributed by atoms with Crippen LogP contribution in [0.3, 0.4) is 0 Å². The number of rotatable bonds is 4. The number of carbonyl (C=O) groups is 1. The van der Waals surface area contributed by atoms with E-state index in [0.717, 1.165) is 16.8 Å². The average Bonchev–Trinajstić information content (AvgIpc) is 2.45. The molecule has 2 aromatic carbocycles. The van der Waals surface area contributed by atoms with Crippen LogP contribution in [0.2, 0.25) is 5.02 Å². The van der Waals surface area contributed by atoms with E-state index < -0.39 is 0 Å². The molecular formula is C16H15Cl2NO. The fourth-order valence-corrected chi connectivity index (χ4v) is 2.28. The van der Waals surface area contributed by atoms with E-state index in [1.165, 1.54) is 0 Å². The second-order valence-corrected chi connectivity index (χ2v) is 5.28. The van der Waals surface area contributed by atoms with Crippen molar-refractivity contribution in [1.29, 1.82) is 0 Å². The van der Waals surface area contributed by atoms with Gasteiger partial charge in [0.1, 0.15) is 5.88 Å². The van der Waals surface area contributed by atoms with Crippen molar-refractivity contribution in [2.24, 2.45) is 0 Å². The zero-order valence-electron chi connectivity index (χ0n) is 11.1. The van der Waals surface area contributed by atoms with Crippen LogP contribution in [0.1, 0.15) is 11.1 Å². The summed E-state index contributed by atoms with van der Waals surface area (Å²) in [4.78, 5) is 13.7. The van der Waals surface area contributed by atoms with E-state index in [2.05, 4.69) is 6.07 Å². The third-order valence-electron chi connectivity index (χ3n) is 2.98. The zero-order chi connectivity index (χ0) is 14.5. The van der Waals surface area contributed by atoms with Gasteiger partial charge in [-0.1, -0.05) is 41.4 Å². The Labute approximate surface area is 128 Å². The quantitative estimate of drug-likeness (QED) is 0.766. The van der Waals surface area contributed by atoms with Gasteiger partial charge in [0.15, 0.2) is 0 Å². The molecule has 0 heterocycles. The van der Waals surface area contributed by atoms with Gasteiger partial charge in [-0.3, -0.25) is 4.79 Å². The Bertz CT molecular complexity index is 596. The monoisotopic (exact) mass is 307 g/mol. The Morgan fingerprint density at radius 2 is 1.85 bits per heavy atom. The van der Waals surface area contributed by atoms with Gasteiger partial charge in [0, 0.05) is 10.7 Å². The maximum Gasteiger partial charge on any atom is 0.242 e. The zero-order valence-corrected chi connectivity index (χ0v) is 12.7. The number of nitrogens with zero attached hydrogens (tertiary/aromatic N) is 1. The number of amides is 1. The molecule has 1 amide bonds. The van der Waals surface area contributed by atoms with E-state index in [9.17, 15) is 4.79 Å². The molecule has 0 spiro atoms. The molecule has 20 heavy (non-hydrogen) atoms. The Balaban J connectivity index is 2.28. The third kappa shape index (κ3) is 3.75. The topological polar surface area (TPSA) is 20.3 Å². The van der Waals surface area contributed by atoms with Crippen LogP contribution in [-0.4, -0.2) is 11.8 Å². The van der Waals surface area contributed by atoms with E-state index in [1.54, 1.807) is 17.0 Å². The van der Waals surface area contributed by atoms with Gasteiger partial charge in [0.2, 0.25) is 5.91 Å². The summed E-state index contributed by atoms with van der Waals surface area (Å²) < 4.78 is 0. The lowest BCUT2D eigenvalue weighted by Gasteiger charge is -2.22. The Hall–Kier alpha value is -1.51. The normalized spacial score (nSPS) is 10.3. The van der Waals surface area contributed by atoms with Gasteiger partial charge < -0.3 is 4.90 Å². The smallest absolute Gasteiger partial charge is 0.242 e.